The molecule has 1 aromatic carbocycles. The van der Waals surface area contributed by atoms with Crippen LogP contribution in [0.25, 0.3) is 0 Å². The predicted octanol–water partition coefficient (Wildman–Crippen LogP) is 3.56. The Morgan fingerprint density at radius 3 is 2.31 bits per heavy atom. The Hall–Kier alpha value is -0.420. The summed E-state index contributed by atoms with van der Waals surface area (Å²) in [6.45, 7) is 1.80. The van der Waals surface area contributed by atoms with Crippen molar-refractivity contribution in [2.75, 3.05) is 0 Å². The summed E-state index contributed by atoms with van der Waals surface area (Å²) in [6, 6.07) is 6.61. The molecule has 0 unspecified atom stereocenters. The van der Waals surface area contributed by atoms with Crippen molar-refractivity contribution < 1.29 is 4.92 Å². The Kier molecular flexibility index (Phi) is 3.08. The molecule has 0 amide bonds. The molecule has 1 rings (SSSR count). The molecular weight excluding hydrogens is 302 g/mol. The van der Waals surface area contributed by atoms with E-state index in [0.29, 0.717) is 5.56 Å². The van der Waals surface area contributed by atoms with Gasteiger partial charge in [0.25, 0.3) is 5.69 Å². The fourth-order valence-corrected chi connectivity index (χ4v) is 1.67. The van der Waals surface area contributed by atoms with E-state index in [1.165, 1.54) is 6.07 Å². The summed E-state index contributed by atoms with van der Waals surface area (Å²) in [5.74, 6) is 0. The molecule has 0 aliphatic rings. The number of rotatable bonds is 2. The number of halogens is 2. The van der Waals surface area contributed by atoms with Crippen molar-refractivity contribution in [1.82, 2.24) is 0 Å². The van der Waals surface area contributed by atoms with Gasteiger partial charge >= 0.3 is 0 Å². The van der Waals surface area contributed by atoms with E-state index in [9.17, 15) is 10.1 Å². The normalized spacial score (nSPS) is 11.3. The molecule has 0 heterocycles. The SMILES string of the molecule is CC(Br)(Br)c1ccccc1[N+](=O)[O-]. The average molecular weight is 309 g/mol. The molecule has 0 saturated heterocycles. The van der Waals surface area contributed by atoms with Crippen molar-refractivity contribution in [1.29, 1.82) is 0 Å². The van der Waals surface area contributed by atoms with Gasteiger partial charge in [-0.25, -0.2) is 0 Å². The van der Waals surface area contributed by atoms with Gasteiger partial charge in [-0.1, -0.05) is 44.0 Å². The molecule has 0 aliphatic carbocycles. The number of nitrogens with zero attached hydrogens (tertiary/aromatic N) is 1. The molecule has 0 aliphatic heterocycles. The van der Waals surface area contributed by atoms with E-state index in [4.69, 9.17) is 0 Å². The van der Waals surface area contributed by atoms with Crippen molar-refractivity contribution in [3.05, 3.63) is 39.9 Å². The lowest BCUT2D eigenvalue weighted by atomic mass is 10.1. The molecule has 0 atom stereocenters. The summed E-state index contributed by atoms with van der Waals surface area (Å²) in [5, 5.41) is 10.6. The Morgan fingerprint density at radius 1 is 1.38 bits per heavy atom. The first-order valence-corrected chi connectivity index (χ1v) is 5.13. The van der Waals surface area contributed by atoms with Gasteiger partial charge in [0.2, 0.25) is 0 Å². The molecular formula is C8H7Br2NO2. The van der Waals surface area contributed by atoms with E-state index in [2.05, 4.69) is 31.9 Å². The topological polar surface area (TPSA) is 43.1 Å². The highest BCUT2D eigenvalue weighted by Crippen LogP contribution is 2.41. The van der Waals surface area contributed by atoms with Gasteiger partial charge in [-0.2, -0.15) is 0 Å². The smallest absolute Gasteiger partial charge is 0.258 e. The third-order valence-electron chi connectivity index (χ3n) is 1.57. The number of alkyl halides is 2. The zero-order chi connectivity index (χ0) is 10.1. The summed E-state index contributed by atoms with van der Waals surface area (Å²) < 4.78 is -0.552. The molecule has 0 aromatic heterocycles. The number of para-hydroxylation sites is 1. The van der Waals surface area contributed by atoms with Crippen LogP contribution >= 0.6 is 31.9 Å². The van der Waals surface area contributed by atoms with E-state index < -0.39 is 8.16 Å². The Labute approximate surface area is 92.5 Å². The van der Waals surface area contributed by atoms with Gasteiger partial charge in [0.1, 0.15) is 3.23 Å². The van der Waals surface area contributed by atoms with Crippen LogP contribution in [0.15, 0.2) is 24.3 Å². The van der Waals surface area contributed by atoms with Gasteiger partial charge in [-0.05, 0) is 13.0 Å². The third-order valence-corrected chi connectivity index (χ3v) is 2.43. The van der Waals surface area contributed by atoms with Gasteiger partial charge in [0.05, 0.1) is 10.5 Å². The second-order valence-electron chi connectivity index (χ2n) is 2.66. The molecule has 0 bridgehead atoms. The molecule has 3 nitrogen and oxygen atoms in total. The second-order valence-corrected chi connectivity index (χ2v) is 6.90. The molecule has 1 aromatic rings. The van der Waals surface area contributed by atoms with E-state index in [1.807, 2.05) is 0 Å². The van der Waals surface area contributed by atoms with Crippen LogP contribution in [-0.4, -0.2) is 4.92 Å². The lowest BCUT2D eigenvalue weighted by molar-refractivity contribution is -0.385. The zero-order valence-corrected chi connectivity index (χ0v) is 10.0. The Bertz CT molecular complexity index is 333. The predicted molar refractivity (Wildman–Crippen MR) is 58.3 cm³/mol. The third kappa shape index (κ3) is 2.51. The highest BCUT2D eigenvalue weighted by Gasteiger charge is 2.27. The Balaban J connectivity index is 3.28. The first-order chi connectivity index (χ1) is 5.93. The molecule has 0 N–H and O–H groups in total. The van der Waals surface area contributed by atoms with Gasteiger partial charge in [-0.15, -0.1) is 0 Å². The Morgan fingerprint density at radius 2 is 1.92 bits per heavy atom. The maximum Gasteiger partial charge on any atom is 0.274 e. The number of nitro groups is 1. The van der Waals surface area contributed by atoms with E-state index >= 15 is 0 Å². The summed E-state index contributed by atoms with van der Waals surface area (Å²) in [4.78, 5) is 10.2. The van der Waals surface area contributed by atoms with Crippen molar-refractivity contribution in [2.45, 2.75) is 10.2 Å². The largest absolute Gasteiger partial charge is 0.274 e. The summed E-state index contributed by atoms with van der Waals surface area (Å²) >= 11 is 6.64. The van der Waals surface area contributed by atoms with Gasteiger partial charge < -0.3 is 0 Å². The van der Waals surface area contributed by atoms with Crippen LogP contribution in [0.2, 0.25) is 0 Å². The average Bonchev–Trinajstić information content (AvgIpc) is 2.03. The van der Waals surface area contributed by atoms with Crippen molar-refractivity contribution in [3.8, 4) is 0 Å². The van der Waals surface area contributed by atoms with E-state index in [-0.39, 0.29) is 5.69 Å². The van der Waals surface area contributed by atoms with Gasteiger partial charge in [0, 0.05) is 6.07 Å². The second kappa shape index (κ2) is 3.75. The molecule has 5 heteroatoms. The summed E-state index contributed by atoms with van der Waals surface area (Å²) in [7, 11) is 0. The number of nitro benzene ring substituents is 1. The van der Waals surface area contributed by atoms with Crippen molar-refractivity contribution in [2.24, 2.45) is 0 Å². The highest BCUT2D eigenvalue weighted by molar-refractivity contribution is 9.24. The molecule has 13 heavy (non-hydrogen) atoms. The molecule has 0 saturated carbocycles. The molecule has 0 fully saturated rings. The molecule has 70 valence electrons. The van der Waals surface area contributed by atoms with Crippen LogP contribution in [0, 0.1) is 10.1 Å². The fraction of sp³-hybridized carbons (Fsp3) is 0.250. The van der Waals surface area contributed by atoms with Crippen LogP contribution in [0.1, 0.15) is 12.5 Å². The van der Waals surface area contributed by atoms with Crippen LogP contribution in [-0.2, 0) is 3.23 Å². The van der Waals surface area contributed by atoms with Crippen LogP contribution < -0.4 is 0 Å². The number of hydrogen-bond donors (Lipinski definition) is 0. The minimum Gasteiger partial charge on any atom is -0.258 e. The lowest BCUT2D eigenvalue weighted by Gasteiger charge is -2.13. The van der Waals surface area contributed by atoms with Gasteiger partial charge in [-0.3, -0.25) is 10.1 Å². The standard InChI is InChI=1S/C8H7Br2NO2/c1-8(9,10)6-4-2-3-5-7(6)11(12)13/h2-5H,1H3. The maximum atomic E-state index is 10.6. The first kappa shape index (κ1) is 10.7. The quantitative estimate of drug-likeness (QED) is 0.476. The summed E-state index contributed by atoms with van der Waals surface area (Å²) in [6.07, 6.45) is 0. The van der Waals surface area contributed by atoms with Crippen molar-refractivity contribution in [3.63, 3.8) is 0 Å². The first-order valence-electron chi connectivity index (χ1n) is 3.54. The van der Waals surface area contributed by atoms with E-state index in [0.717, 1.165) is 0 Å². The fourth-order valence-electron chi connectivity index (χ4n) is 1.00. The van der Waals surface area contributed by atoms with E-state index in [1.54, 1.807) is 25.1 Å². The monoisotopic (exact) mass is 307 g/mol. The minimum absolute atomic E-state index is 0.110. The number of benzene rings is 1. The number of hydrogen-bond acceptors (Lipinski definition) is 2. The molecule has 0 spiro atoms. The van der Waals surface area contributed by atoms with Crippen molar-refractivity contribution >= 4 is 37.5 Å². The minimum atomic E-state index is -0.552. The highest BCUT2D eigenvalue weighted by atomic mass is 79.9. The lowest BCUT2D eigenvalue weighted by Crippen LogP contribution is -2.06. The molecule has 0 radical (unpaired) electrons. The summed E-state index contributed by atoms with van der Waals surface area (Å²) in [5.41, 5.74) is 0.721. The maximum absolute atomic E-state index is 10.6. The van der Waals surface area contributed by atoms with Crippen LogP contribution in [0.4, 0.5) is 5.69 Å². The van der Waals surface area contributed by atoms with Crippen LogP contribution in [0.5, 0.6) is 0 Å². The zero-order valence-electron chi connectivity index (χ0n) is 6.83. The van der Waals surface area contributed by atoms with Gasteiger partial charge in [0.15, 0.2) is 0 Å². The van der Waals surface area contributed by atoms with Crippen LogP contribution in [0.3, 0.4) is 0 Å².